The number of rotatable bonds is 6. The van der Waals surface area contributed by atoms with E-state index in [0.29, 0.717) is 0 Å². The van der Waals surface area contributed by atoms with E-state index in [4.69, 9.17) is 32.7 Å². The molecule has 0 radical (unpaired) electrons. The lowest BCUT2D eigenvalue weighted by Gasteiger charge is -2.06. The van der Waals surface area contributed by atoms with Crippen LogP contribution >= 0.6 is 23.2 Å². The number of benzene rings is 2. The van der Waals surface area contributed by atoms with Crippen LogP contribution in [-0.2, 0) is 19.1 Å². The van der Waals surface area contributed by atoms with Gasteiger partial charge in [0.05, 0.1) is 16.7 Å². The Balaban J connectivity index is 1.70. The van der Waals surface area contributed by atoms with E-state index in [1.54, 1.807) is 0 Å². The summed E-state index contributed by atoms with van der Waals surface area (Å²) >= 11 is 10.7. The summed E-state index contributed by atoms with van der Waals surface area (Å²) in [5.41, 5.74) is -0.709. The van der Waals surface area contributed by atoms with Gasteiger partial charge < -0.3 is 9.47 Å². The molecule has 0 saturated carbocycles. The summed E-state index contributed by atoms with van der Waals surface area (Å²) < 4.78 is 9.53. The fraction of sp³-hybridized carbons (Fsp3) is 0. The maximum atomic E-state index is 12.4. The molecule has 8 nitrogen and oxygen atoms in total. The number of carbonyl (C=O) groups excluding carboxylic acids is 6. The minimum Gasteiger partial charge on any atom is -0.386 e. The second kappa shape index (κ2) is 10.6. The molecule has 0 N–H and O–H groups in total. The molecule has 0 heterocycles. The van der Waals surface area contributed by atoms with E-state index in [1.807, 2.05) is 0 Å². The quantitative estimate of drug-likeness (QED) is 0.256. The Labute approximate surface area is 202 Å². The molecule has 0 bridgehead atoms. The van der Waals surface area contributed by atoms with Gasteiger partial charge in [0.2, 0.25) is 5.57 Å². The standard InChI is InChI=1S/C24H11Cl2O8/c25-19(27)13-4-1-6-15(10-13)21(29)33-23(31)17-8-3-9-18(12-17)24(32)34-22(30)16-7-2-5-14(11-16)20(26)28/h1-10,12H/q+1. The molecule has 2 aromatic rings. The zero-order chi connectivity index (χ0) is 24.8. The van der Waals surface area contributed by atoms with Gasteiger partial charge in [0, 0.05) is 41.5 Å². The summed E-state index contributed by atoms with van der Waals surface area (Å²) in [5, 5.41) is -1.64. The summed E-state index contributed by atoms with van der Waals surface area (Å²) in [7, 11) is 0. The molecule has 0 unspecified atom stereocenters. The topological polar surface area (TPSA) is 121 Å². The van der Waals surface area contributed by atoms with Crippen molar-refractivity contribution >= 4 is 57.6 Å². The number of hydrogen-bond acceptors (Lipinski definition) is 8. The van der Waals surface area contributed by atoms with E-state index in [0.717, 1.165) is 12.1 Å². The first-order valence-corrected chi connectivity index (χ1v) is 10.1. The maximum Gasteiger partial charge on any atom is 0.423 e. The van der Waals surface area contributed by atoms with Gasteiger partial charge in [0.25, 0.3) is 5.24 Å². The maximum absolute atomic E-state index is 12.4. The molecule has 0 fully saturated rings. The molecule has 0 aromatic heterocycles. The molecule has 0 amide bonds. The van der Waals surface area contributed by atoms with Crippen LogP contribution in [0, 0.1) is 6.08 Å². The van der Waals surface area contributed by atoms with Crippen LogP contribution < -0.4 is 0 Å². The molecule has 0 spiro atoms. The van der Waals surface area contributed by atoms with Crippen molar-refractivity contribution in [3.8, 4) is 0 Å². The zero-order valence-corrected chi connectivity index (χ0v) is 18.4. The van der Waals surface area contributed by atoms with Gasteiger partial charge in [-0.15, -0.1) is 0 Å². The van der Waals surface area contributed by atoms with E-state index < -0.39 is 34.4 Å². The van der Waals surface area contributed by atoms with Gasteiger partial charge in [-0.1, -0.05) is 18.2 Å². The van der Waals surface area contributed by atoms with Crippen molar-refractivity contribution < 1.29 is 38.2 Å². The summed E-state index contributed by atoms with van der Waals surface area (Å²) in [5.74, 6) is -4.33. The highest BCUT2D eigenvalue weighted by molar-refractivity contribution is 6.68. The molecule has 10 heteroatoms. The highest BCUT2D eigenvalue weighted by atomic mass is 35.5. The largest absolute Gasteiger partial charge is 0.423 e. The smallest absolute Gasteiger partial charge is 0.386 e. The lowest BCUT2D eigenvalue weighted by Crippen LogP contribution is -2.17. The normalized spacial score (nSPS) is 11.9. The third-order valence-corrected chi connectivity index (χ3v) is 4.68. The Kier molecular flexibility index (Phi) is 7.60. The number of hydrogen-bond donors (Lipinski definition) is 0. The fourth-order valence-corrected chi connectivity index (χ4v) is 2.87. The van der Waals surface area contributed by atoms with Crippen LogP contribution in [-0.4, -0.2) is 34.4 Å². The van der Waals surface area contributed by atoms with Gasteiger partial charge in [-0.25, -0.2) is 19.2 Å². The lowest BCUT2D eigenvalue weighted by molar-refractivity contribution is -0.133. The Hall–Kier alpha value is -4.23. The van der Waals surface area contributed by atoms with Crippen molar-refractivity contribution in [2.45, 2.75) is 0 Å². The Morgan fingerprint density at radius 2 is 1.12 bits per heavy atom. The molecule has 3 rings (SSSR count). The van der Waals surface area contributed by atoms with Gasteiger partial charge in [-0.2, -0.15) is 4.79 Å². The molecule has 0 aliphatic heterocycles. The van der Waals surface area contributed by atoms with E-state index in [9.17, 15) is 28.8 Å². The average molecular weight is 498 g/mol. The van der Waals surface area contributed by atoms with Crippen LogP contribution in [0.3, 0.4) is 0 Å². The molecule has 0 saturated heterocycles. The highest BCUT2D eigenvalue weighted by Crippen LogP contribution is 2.16. The Morgan fingerprint density at radius 3 is 1.62 bits per heavy atom. The third-order valence-electron chi connectivity index (χ3n) is 4.26. The summed E-state index contributed by atoms with van der Waals surface area (Å²) in [6.07, 6.45) is 6.39. The SMILES string of the molecule is O=C(Cl)C1=CC=CC(C(=O)OC(=O)c2cccc(C(=O)OC(=O)c3cccc(C(=O)Cl)c3)c2)=[C+]1. The van der Waals surface area contributed by atoms with Crippen LogP contribution in [0.1, 0.15) is 41.4 Å². The van der Waals surface area contributed by atoms with Crippen molar-refractivity contribution in [2.75, 3.05) is 0 Å². The van der Waals surface area contributed by atoms with Crippen LogP contribution in [0.2, 0.25) is 0 Å². The summed E-state index contributed by atoms with van der Waals surface area (Å²) in [6.45, 7) is 0. The van der Waals surface area contributed by atoms with E-state index in [1.165, 1.54) is 54.6 Å². The highest BCUT2D eigenvalue weighted by Gasteiger charge is 2.26. The predicted molar refractivity (Wildman–Crippen MR) is 118 cm³/mol. The van der Waals surface area contributed by atoms with Crippen molar-refractivity contribution in [3.05, 3.63) is 106 Å². The summed E-state index contributed by atoms with van der Waals surface area (Å²) in [6, 6.07) is 10.2. The molecule has 1 aliphatic carbocycles. The van der Waals surface area contributed by atoms with Crippen LogP contribution in [0.5, 0.6) is 0 Å². The Bertz CT molecular complexity index is 1330. The third kappa shape index (κ3) is 5.96. The van der Waals surface area contributed by atoms with Crippen LogP contribution in [0.15, 0.2) is 77.9 Å². The van der Waals surface area contributed by atoms with Gasteiger partial charge in [0.15, 0.2) is 5.57 Å². The molecule has 1 aliphatic rings. The second-order valence-electron chi connectivity index (χ2n) is 6.54. The van der Waals surface area contributed by atoms with Crippen molar-refractivity contribution in [1.82, 2.24) is 0 Å². The average Bonchev–Trinajstić information content (AvgIpc) is 2.84. The zero-order valence-electron chi connectivity index (χ0n) is 16.9. The molecule has 0 atom stereocenters. The first-order valence-electron chi connectivity index (χ1n) is 9.31. The van der Waals surface area contributed by atoms with Gasteiger partial charge >= 0.3 is 29.1 Å². The molecule has 168 valence electrons. The minimum atomic E-state index is -1.10. The molecular formula is C24H11Cl2O8+. The number of esters is 4. The molecule has 34 heavy (non-hydrogen) atoms. The second-order valence-corrected chi connectivity index (χ2v) is 7.23. The minimum absolute atomic E-state index is 0.0381. The predicted octanol–water partition coefficient (Wildman–Crippen LogP) is 3.74. The van der Waals surface area contributed by atoms with E-state index >= 15 is 0 Å². The number of halogens is 2. The van der Waals surface area contributed by atoms with Crippen molar-refractivity contribution in [3.63, 3.8) is 0 Å². The molecular weight excluding hydrogens is 487 g/mol. The van der Waals surface area contributed by atoms with E-state index in [2.05, 4.69) is 6.08 Å². The first kappa shape index (κ1) is 24.4. The fourth-order valence-electron chi connectivity index (χ4n) is 2.64. The molecule has 2 aromatic carbocycles. The van der Waals surface area contributed by atoms with Crippen LogP contribution in [0.4, 0.5) is 0 Å². The Morgan fingerprint density at radius 1 is 0.647 bits per heavy atom. The monoisotopic (exact) mass is 497 g/mol. The number of allylic oxidation sites excluding steroid dienone is 4. The number of carbonyl (C=O) groups is 6. The van der Waals surface area contributed by atoms with Gasteiger partial charge in [-0.05, 0) is 41.9 Å². The first-order chi connectivity index (χ1) is 16.2. The van der Waals surface area contributed by atoms with Crippen LogP contribution in [0.25, 0.3) is 0 Å². The van der Waals surface area contributed by atoms with Crippen molar-refractivity contribution in [2.24, 2.45) is 0 Å². The van der Waals surface area contributed by atoms with Crippen molar-refractivity contribution in [1.29, 1.82) is 0 Å². The number of ether oxygens (including phenoxy) is 2. The lowest BCUT2D eigenvalue weighted by atomic mass is 10.1. The van der Waals surface area contributed by atoms with Gasteiger partial charge in [-0.3, -0.25) is 4.79 Å². The summed E-state index contributed by atoms with van der Waals surface area (Å²) in [4.78, 5) is 71.6. The van der Waals surface area contributed by atoms with Gasteiger partial charge in [0.1, 0.15) is 0 Å². The van der Waals surface area contributed by atoms with E-state index in [-0.39, 0.29) is 33.4 Å².